The van der Waals surface area contributed by atoms with Crippen LogP contribution in [0.25, 0.3) is 0 Å². The summed E-state index contributed by atoms with van der Waals surface area (Å²) < 4.78 is 49.2. The van der Waals surface area contributed by atoms with Gasteiger partial charge in [-0.25, -0.2) is 18.0 Å². The Morgan fingerprint density at radius 2 is 1.75 bits per heavy atom. The minimum Gasteiger partial charge on any atom is -0.444 e. The molecule has 2 amide bonds. The summed E-state index contributed by atoms with van der Waals surface area (Å²) in [7, 11) is 0. The van der Waals surface area contributed by atoms with Gasteiger partial charge >= 0.3 is 6.09 Å². The van der Waals surface area contributed by atoms with E-state index in [4.69, 9.17) is 4.74 Å². The van der Waals surface area contributed by atoms with Gasteiger partial charge < -0.3 is 30.3 Å². The summed E-state index contributed by atoms with van der Waals surface area (Å²) in [6, 6.07) is 6.20. The van der Waals surface area contributed by atoms with Crippen LogP contribution in [0, 0.1) is 26.9 Å². The molecule has 2 fully saturated rings. The van der Waals surface area contributed by atoms with Crippen LogP contribution < -0.4 is 10.6 Å². The van der Waals surface area contributed by atoms with Gasteiger partial charge in [-0.3, -0.25) is 4.79 Å². The van der Waals surface area contributed by atoms with E-state index >= 15 is 0 Å². The maximum Gasteiger partial charge on any atom is 0.410 e. The number of carbonyl (C=O) groups is 2. The van der Waals surface area contributed by atoms with Gasteiger partial charge in [0, 0.05) is 23.2 Å². The smallest absolute Gasteiger partial charge is 0.410 e. The average molecular weight is 675 g/mol. The maximum absolute atomic E-state index is 14.7. The monoisotopic (exact) mass is 674 g/mol. The Hall–Kier alpha value is -2.58. The van der Waals surface area contributed by atoms with Gasteiger partial charge in [0.05, 0.1) is 30.0 Å². The van der Waals surface area contributed by atoms with Gasteiger partial charge in [-0.05, 0) is 99.0 Å². The summed E-state index contributed by atoms with van der Waals surface area (Å²) in [5, 5.41) is 16.7. The van der Waals surface area contributed by atoms with Crippen molar-refractivity contribution in [2.75, 3.05) is 44.6 Å². The van der Waals surface area contributed by atoms with Crippen LogP contribution in [0.3, 0.4) is 0 Å². The van der Waals surface area contributed by atoms with Crippen LogP contribution in [-0.2, 0) is 4.74 Å². The normalized spacial score (nSPS) is 17.4. The standard InChI is InChI=1S/C28H34F3IN4O4/c1-27(2,3)40-26(38)35-10-8-17(9-11-35)13-33-14-28(39)15-36(16-28)25(37)19-5-6-20(29)23(31)24(19)34-22-7-4-18(32)12-21(22)30/h4-7,12,17,33-34,39H,8-11,13-16H2,1-3H3. The van der Waals surface area contributed by atoms with Crippen LogP contribution in [0.4, 0.5) is 29.3 Å². The highest BCUT2D eigenvalue weighted by atomic mass is 127. The van der Waals surface area contributed by atoms with Crippen molar-refractivity contribution in [1.29, 1.82) is 0 Å². The summed E-state index contributed by atoms with van der Waals surface area (Å²) >= 11 is 1.93. The topological polar surface area (TPSA) is 94.1 Å². The number of ether oxygens (including phenoxy) is 1. The molecule has 2 aromatic rings. The van der Waals surface area contributed by atoms with Gasteiger partial charge in [0.2, 0.25) is 0 Å². The van der Waals surface area contributed by atoms with Gasteiger partial charge in [-0.15, -0.1) is 0 Å². The lowest BCUT2D eigenvalue weighted by atomic mass is 9.91. The second kappa shape index (κ2) is 12.1. The lowest BCUT2D eigenvalue weighted by Gasteiger charge is -2.47. The Balaban J connectivity index is 1.28. The van der Waals surface area contributed by atoms with Crippen LogP contribution in [0.5, 0.6) is 0 Å². The number of β-amino-alcohol motifs (C(OH)–C–C–N with tert-alkyl or cyclic N) is 1. The number of likely N-dealkylation sites (tertiary alicyclic amines) is 2. The first-order valence-electron chi connectivity index (χ1n) is 13.1. The third-order valence-electron chi connectivity index (χ3n) is 6.93. The van der Waals surface area contributed by atoms with Crippen LogP contribution in [-0.4, -0.2) is 77.4 Å². The largest absolute Gasteiger partial charge is 0.444 e. The van der Waals surface area contributed by atoms with E-state index in [2.05, 4.69) is 10.6 Å². The van der Waals surface area contributed by atoms with Gasteiger partial charge in [0.1, 0.15) is 17.0 Å². The summed E-state index contributed by atoms with van der Waals surface area (Å²) in [5.74, 6) is -3.41. The fourth-order valence-electron chi connectivity index (χ4n) is 4.82. The van der Waals surface area contributed by atoms with Crippen LogP contribution in [0.2, 0.25) is 0 Å². The highest BCUT2D eigenvalue weighted by Gasteiger charge is 2.44. The maximum atomic E-state index is 14.7. The number of piperidine rings is 1. The average Bonchev–Trinajstić information content (AvgIpc) is 2.85. The van der Waals surface area contributed by atoms with Crippen molar-refractivity contribution in [2.24, 2.45) is 5.92 Å². The van der Waals surface area contributed by atoms with E-state index in [-0.39, 0.29) is 37.0 Å². The number of amides is 2. The summed E-state index contributed by atoms with van der Waals surface area (Å²) in [5.41, 5.74) is -2.42. The molecule has 0 bridgehead atoms. The molecule has 0 saturated carbocycles. The molecule has 2 aromatic carbocycles. The highest BCUT2D eigenvalue weighted by Crippen LogP contribution is 2.32. The van der Waals surface area contributed by atoms with E-state index in [9.17, 15) is 27.9 Å². The molecule has 0 radical (unpaired) electrons. The number of rotatable bonds is 7. The van der Waals surface area contributed by atoms with Crippen molar-refractivity contribution in [3.63, 3.8) is 0 Å². The number of carbonyl (C=O) groups excluding carboxylic acids is 2. The molecule has 2 aliphatic heterocycles. The lowest BCUT2D eigenvalue weighted by Crippen LogP contribution is -2.67. The molecule has 4 rings (SSSR count). The predicted molar refractivity (Wildman–Crippen MR) is 153 cm³/mol. The van der Waals surface area contributed by atoms with Crippen molar-refractivity contribution < 1.29 is 32.6 Å². The fourth-order valence-corrected chi connectivity index (χ4v) is 5.27. The number of aliphatic hydroxyl groups is 1. The molecule has 8 nitrogen and oxygen atoms in total. The first kappa shape index (κ1) is 30.4. The predicted octanol–water partition coefficient (Wildman–Crippen LogP) is 4.88. The molecule has 218 valence electrons. The zero-order chi connectivity index (χ0) is 29.2. The molecule has 40 heavy (non-hydrogen) atoms. The molecule has 3 N–H and O–H groups in total. The van der Waals surface area contributed by atoms with E-state index in [0.29, 0.717) is 29.1 Å². The quantitative estimate of drug-likeness (QED) is 0.363. The second-order valence-corrected chi connectivity index (χ2v) is 12.7. The molecular formula is C28H34F3IN4O4. The molecule has 0 spiro atoms. The molecule has 0 unspecified atom stereocenters. The molecule has 2 heterocycles. The van der Waals surface area contributed by atoms with Gasteiger partial charge in [0.15, 0.2) is 11.6 Å². The van der Waals surface area contributed by atoms with E-state index in [1.807, 2.05) is 43.4 Å². The van der Waals surface area contributed by atoms with Crippen molar-refractivity contribution in [3.8, 4) is 0 Å². The van der Waals surface area contributed by atoms with E-state index < -0.39 is 40.2 Å². The molecular weight excluding hydrogens is 640 g/mol. The number of hydrogen-bond acceptors (Lipinski definition) is 6. The first-order valence-corrected chi connectivity index (χ1v) is 14.2. The lowest BCUT2D eigenvalue weighted by molar-refractivity contribution is -0.0789. The number of halogens is 4. The minimum absolute atomic E-state index is 0.00620. The summed E-state index contributed by atoms with van der Waals surface area (Å²) in [4.78, 5) is 28.4. The fraction of sp³-hybridized carbons (Fsp3) is 0.500. The molecule has 12 heteroatoms. The second-order valence-electron chi connectivity index (χ2n) is 11.5. The van der Waals surface area contributed by atoms with Crippen molar-refractivity contribution in [1.82, 2.24) is 15.1 Å². The minimum atomic E-state index is -1.29. The van der Waals surface area contributed by atoms with Crippen LogP contribution >= 0.6 is 22.6 Å². The number of anilines is 2. The Labute approximate surface area is 245 Å². The third-order valence-corrected chi connectivity index (χ3v) is 7.60. The Bertz CT molecular complexity index is 1260. The number of benzene rings is 2. The van der Waals surface area contributed by atoms with E-state index in [0.717, 1.165) is 25.0 Å². The SMILES string of the molecule is CC(C)(C)OC(=O)N1CCC(CNCC2(O)CN(C(=O)c3ccc(F)c(F)c3Nc3ccc(I)cc3F)C2)CC1. The molecule has 0 atom stereocenters. The van der Waals surface area contributed by atoms with Gasteiger partial charge in [-0.2, -0.15) is 0 Å². The number of hydrogen-bond donors (Lipinski definition) is 3. The molecule has 2 saturated heterocycles. The number of nitrogens with one attached hydrogen (secondary N) is 2. The van der Waals surface area contributed by atoms with E-state index in [1.54, 1.807) is 11.0 Å². The number of nitrogens with zero attached hydrogens (tertiary/aromatic N) is 2. The van der Waals surface area contributed by atoms with Gasteiger partial charge in [0.25, 0.3) is 5.91 Å². The van der Waals surface area contributed by atoms with Crippen LogP contribution in [0.15, 0.2) is 30.3 Å². The Kier molecular flexibility index (Phi) is 9.20. The van der Waals surface area contributed by atoms with Crippen molar-refractivity contribution in [3.05, 3.63) is 56.9 Å². The Morgan fingerprint density at radius 1 is 1.07 bits per heavy atom. The molecule has 2 aliphatic rings. The zero-order valence-corrected chi connectivity index (χ0v) is 24.9. The molecule has 0 aromatic heterocycles. The first-order chi connectivity index (χ1) is 18.7. The summed E-state index contributed by atoms with van der Waals surface area (Å²) in [6.45, 7) is 7.62. The van der Waals surface area contributed by atoms with Crippen LogP contribution in [0.1, 0.15) is 44.0 Å². The van der Waals surface area contributed by atoms with Crippen molar-refractivity contribution in [2.45, 2.75) is 44.8 Å². The zero-order valence-electron chi connectivity index (χ0n) is 22.7. The Morgan fingerprint density at radius 3 is 2.38 bits per heavy atom. The third kappa shape index (κ3) is 7.38. The highest BCUT2D eigenvalue weighted by molar-refractivity contribution is 14.1. The van der Waals surface area contributed by atoms with E-state index in [1.165, 1.54) is 17.0 Å². The molecule has 0 aliphatic carbocycles. The summed E-state index contributed by atoms with van der Waals surface area (Å²) in [6.07, 6.45) is 1.31. The van der Waals surface area contributed by atoms with Gasteiger partial charge in [-0.1, -0.05) is 0 Å². The van der Waals surface area contributed by atoms with Crippen molar-refractivity contribution >= 4 is 46.0 Å².